The summed E-state index contributed by atoms with van der Waals surface area (Å²) in [4.78, 5) is 38.7. The Labute approximate surface area is 274 Å². The predicted octanol–water partition coefficient (Wildman–Crippen LogP) is 6.34. The molecule has 3 heterocycles. The van der Waals surface area contributed by atoms with Gasteiger partial charge in [0.15, 0.2) is 0 Å². The molecule has 2 aliphatic heterocycles. The van der Waals surface area contributed by atoms with Crippen LogP contribution >= 0.6 is 0 Å². The zero-order valence-corrected chi connectivity index (χ0v) is 26.4. The van der Waals surface area contributed by atoms with Crippen molar-refractivity contribution < 1.29 is 24.2 Å². The molecule has 1 saturated heterocycles. The van der Waals surface area contributed by atoms with Crippen LogP contribution < -0.4 is 20.7 Å². The quantitative estimate of drug-likeness (QED) is 0.177. The van der Waals surface area contributed by atoms with Crippen molar-refractivity contribution in [1.82, 2.24) is 15.2 Å². The van der Waals surface area contributed by atoms with Gasteiger partial charge in [-0.05, 0) is 98.3 Å². The summed E-state index contributed by atoms with van der Waals surface area (Å²) in [6.45, 7) is 2.42. The van der Waals surface area contributed by atoms with Gasteiger partial charge in [-0.15, -0.1) is 0 Å². The van der Waals surface area contributed by atoms with E-state index in [9.17, 15) is 14.4 Å². The summed E-state index contributed by atoms with van der Waals surface area (Å²) in [5.74, 6) is -0.224. The van der Waals surface area contributed by atoms with Gasteiger partial charge in [0.25, 0.3) is 5.91 Å². The highest BCUT2D eigenvalue weighted by Crippen LogP contribution is 2.47. The number of carbonyl (C=O) groups excluding carboxylic acids is 2. The third-order valence-electron chi connectivity index (χ3n) is 9.93. The van der Waals surface area contributed by atoms with E-state index in [0.29, 0.717) is 61.8 Å². The molecule has 4 N–H and O–H groups in total. The SMILES string of the molecule is O=C(O)C=Cc1ccc(NC(=O)C2(NC(=O)c3ccc4c(C5CCCCC5)c5n(c4c3)CCOc3ccccc3-5)CCNCC2)cc1. The van der Waals surface area contributed by atoms with Crippen LogP contribution in [0.25, 0.3) is 28.2 Å². The van der Waals surface area contributed by atoms with Gasteiger partial charge >= 0.3 is 5.97 Å². The number of hydrogen-bond acceptors (Lipinski definition) is 5. The summed E-state index contributed by atoms with van der Waals surface area (Å²) >= 11 is 0. The monoisotopic (exact) mass is 632 g/mol. The molecule has 1 aliphatic carbocycles. The molecule has 0 radical (unpaired) electrons. The van der Waals surface area contributed by atoms with Crippen molar-refractivity contribution in [3.8, 4) is 17.0 Å². The van der Waals surface area contributed by atoms with E-state index in [0.717, 1.165) is 35.7 Å². The molecule has 9 heteroatoms. The number of hydrogen-bond donors (Lipinski definition) is 4. The number of anilines is 1. The molecule has 7 rings (SSSR count). The van der Waals surface area contributed by atoms with Crippen molar-refractivity contribution >= 4 is 40.4 Å². The fraction of sp³-hybridized carbons (Fsp3) is 0.342. The Kier molecular flexibility index (Phi) is 8.56. The van der Waals surface area contributed by atoms with Gasteiger partial charge in [0.2, 0.25) is 5.91 Å². The van der Waals surface area contributed by atoms with E-state index in [1.807, 2.05) is 24.3 Å². The van der Waals surface area contributed by atoms with E-state index in [1.165, 1.54) is 42.0 Å². The fourth-order valence-electron chi connectivity index (χ4n) is 7.53. The van der Waals surface area contributed by atoms with E-state index in [4.69, 9.17) is 9.84 Å². The Morgan fingerprint density at radius 3 is 2.49 bits per heavy atom. The maximum absolute atomic E-state index is 14.0. The Bertz CT molecular complexity index is 1850. The minimum Gasteiger partial charge on any atom is -0.491 e. The third kappa shape index (κ3) is 6.15. The first-order valence-corrected chi connectivity index (χ1v) is 16.7. The van der Waals surface area contributed by atoms with E-state index in [1.54, 1.807) is 24.3 Å². The average molecular weight is 633 g/mol. The summed E-state index contributed by atoms with van der Waals surface area (Å²) in [6, 6.07) is 21.2. The number of carboxylic acids is 1. The number of ether oxygens (including phenoxy) is 1. The predicted molar refractivity (Wildman–Crippen MR) is 183 cm³/mol. The number of carboxylic acid groups (broad SMARTS) is 1. The van der Waals surface area contributed by atoms with Gasteiger partial charge in [-0.1, -0.05) is 49.6 Å². The van der Waals surface area contributed by atoms with Gasteiger partial charge in [-0.3, -0.25) is 9.59 Å². The molecular formula is C38H40N4O5. The van der Waals surface area contributed by atoms with Gasteiger partial charge in [0.1, 0.15) is 17.9 Å². The molecule has 9 nitrogen and oxygen atoms in total. The van der Waals surface area contributed by atoms with Crippen molar-refractivity contribution in [1.29, 1.82) is 0 Å². The van der Waals surface area contributed by atoms with Crippen LogP contribution in [0.15, 0.2) is 72.8 Å². The van der Waals surface area contributed by atoms with Crippen LogP contribution in [0.5, 0.6) is 5.75 Å². The Balaban J connectivity index is 1.20. The molecule has 0 bridgehead atoms. The zero-order chi connectivity index (χ0) is 32.4. The lowest BCUT2D eigenvalue weighted by molar-refractivity contribution is -0.131. The number of nitrogens with one attached hydrogen (secondary N) is 3. The van der Waals surface area contributed by atoms with Crippen LogP contribution in [0.2, 0.25) is 0 Å². The molecule has 3 aromatic carbocycles. The third-order valence-corrected chi connectivity index (χ3v) is 9.93. The highest BCUT2D eigenvalue weighted by atomic mass is 16.5. The first-order valence-electron chi connectivity index (χ1n) is 16.7. The number of aliphatic carboxylic acids is 1. The molecule has 0 unspecified atom stereocenters. The Hall–Kier alpha value is -4.89. The molecule has 4 aromatic rings. The molecule has 1 saturated carbocycles. The Morgan fingerprint density at radius 2 is 1.72 bits per heavy atom. The maximum Gasteiger partial charge on any atom is 0.328 e. The summed E-state index contributed by atoms with van der Waals surface area (Å²) in [7, 11) is 0. The van der Waals surface area contributed by atoms with Gasteiger partial charge in [-0.2, -0.15) is 0 Å². The van der Waals surface area contributed by atoms with Crippen LogP contribution in [0.3, 0.4) is 0 Å². The number of carbonyl (C=O) groups is 3. The number of benzene rings is 3. The number of amides is 2. The molecule has 47 heavy (non-hydrogen) atoms. The second-order valence-electron chi connectivity index (χ2n) is 12.9. The lowest BCUT2D eigenvalue weighted by Crippen LogP contribution is -2.61. The van der Waals surface area contributed by atoms with E-state index in [2.05, 4.69) is 38.7 Å². The minimum atomic E-state index is -1.09. The summed E-state index contributed by atoms with van der Waals surface area (Å²) in [5, 5.41) is 19.5. The number of para-hydroxylation sites is 1. The average Bonchev–Trinajstić information content (AvgIpc) is 3.29. The topological polar surface area (TPSA) is 122 Å². The van der Waals surface area contributed by atoms with Gasteiger partial charge in [0, 0.05) is 33.8 Å². The smallest absolute Gasteiger partial charge is 0.328 e. The fourth-order valence-corrected chi connectivity index (χ4v) is 7.53. The van der Waals surface area contributed by atoms with Crippen molar-refractivity contribution in [2.45, 2.75) is 62.9 Å². The zero-order valence-electron chi connectivity index (χ0n) is 26.4. The van der Waals surface area contributed by atoms with E-state index >= 15 is 0 Å². The molecule has 1 aromatic heterocycles. The van der Waals surface area contributed by atoms with Crippen molar-refractivity contribution in [2.24, 2.45) is 0 Å². The Morgan fingerprint density at radius 1 is 0.957 bits per heavy atom. The van der Waals surface area contributed by atoms with Crippen LogP contribution in [0, 0.1) is 0 Å². The number of rotatable bonds is 7. The molecule has 242 valence electrons. The first-order chi connectivity index (χ1) is 22.9. The molecule has 2 fully saturated rings. The van der Waals surface area contributed by atoms with E-state index in [-0.39, 0.29) is 11.8 Å². The lowest BCUT2D eigenvalue weighted by atomic mass is 9.81. The molecule has 3 aliphatic rings. The molecule has 0 atom stereocenters. The number of nitrogens with zero attached hydrogens (tertiary/aromatic N) is 1. The number of fused-ring (bicyclic) bond motifs is 5. The number of piperidine rings is 1. The molecular weight excluding hydrogens is 592 g/mol. The van der Waals surface area contributed by atoms with Gasteiger partial charge in [-0.25, -0.2) is 4.79 Å². The standard InChI is InChI=1S/C38H40N4O5/c43-33(44)17-12-25-10-14-28(15-11-25)40-37(46)38(18-20-39-21-19-38)41-36(45)27-13-16-29-31(24-27)42-22-23-47-32-9-5-4-8-30(32)35(42)34(29)26-6-2-1-3-7-26/h4-5,8-17,24,26,39H,1-3,6-7,18-23H2,(H,40,46)(H,41,45)(H,43,44). The maximum atomic E-state index is 14.0. The summed E-state index contributed by atoms with van der Waals surface area (Å²) in [6.07, 6.45) is 9.50. The highest BCUT2D eigenvalue weighted by molar-refractivity contribution is 6.06. The highest BCUT2D eigenvalue weighted by Gasteiger charge is 2.41. The van der Waals surface area contributed by atoms with E-state index < -0.39 is 11.5 Å². The number of aromatic nitrogens is 1. The van der Waals surface area contributed by atoms with Crippen LogP contribution in [-0.4, -0.2) is 52.7 Å². The molecule has 0 spiro atoms. The van der Waals surface area contributed by atoms with Crippen molar-refractivity contribution in [2.75, 3.05) is 25.0 Å². The van der Waals surface area contributed by atoms with Crippen LogP contribution in [0.4, 0.5) is 5.69 Å². The van der Waals surface area contributed by atoms with Crippen molar-refractivity contribution in [3.63, 3.8) is 0 Å². The lowest BCUT2D eigenvalue weighted by Gasteiger charge is -2.37. The molecule has 2 amide bonds. The first kappa shape index (κ1) is 30.7. The van der Waals surface area contributed by atoms with Crippen LogP contribution in [0.1, 0.15) is 72.3 Å². The second kappa shape index (κ2) is 13.1. The second-order valence-corrected chi connectivity index (χ2v) is 12.9. The van der Waals surface area contributed by atoms with Gasteiger partial charge in [0.05, 0.1) is 12.2 Å². The van der Waals surface area contributed by atoms with Crippen LogP contribution in [-0.2, 0) is 16.1 Å². The van der Waals surface area contributed by atoms with Crippen molar-refractivity contribution in [3.05, 3.63) is 89.5 Å². The largest absolute Gasteiger partial charge is 0.491 e. The summed E-state index contributed by atoms with van der Waals surface area (Å²) < 4.78 is 8.54. The normalized spacial score (nSPS) is 17.7. The van der Waals surface area contributed by atoms with Gasteiger partial charge < -0.3 is 30.4 Å². The minimum absolute atomic E-state index is 0.271. The summed E-state index contributed by atoms with van der Waals surface area (Å²) in [5.41, 5.74) is 5.40.